The highest BCUT2D eigenvalue weighted by molar-refractivity contribution is 8.13. The van der Waals surface area contributed by atoms with E-state index in [0.29, 0.717) is 0 Å². The first-order chi connectivity index (χ1) is 6.08. The highest BCUT2D eigenvalue weighted by atomic mass is 32.2. The topological polar surface area (TPSA) is 25.8 Å². The number of hydrogen-bond donors (Lipinski definition) is 2. The van der Waals surface area contributed by atoms with E-state index in [1.54, 1.807) is 34.9 Å². The van der Waals surface area contributed by atoms with E-state index in [1.807, 2.05) is 13.8 Å². The molecule has 0 spiro atoms. The molecule has 0 radical (unpaired) electrons. The number of aromatic nitrogens is 2. The van der Waals surface area contributed by atoms with Gasteiger partial charge in [-0.1, -0.05) is 34.9 Å². The molecule has 2 nitrogen and oxygen atoms in total. The van der Waals surface area contributed by atoms with E-state index < -0.39 is 0 Å². The van der Waals surface area contributed by atoms with Gasteiger partial charge in [-0.15, -0.1) is 10.2 Å². The SMILES string of the molecule is CC(S)Sc1nnc(SC(C)S)s1. The molecule has 0 aliphatic rings. The van der Waals surface area contributed by atoms with Crippen molar-refractivity contribution in [1.82, 2.24) is 10.2 Å². The zero-order chi connectivity index (χ0) is 9.84. The van der Waals surface area contributed by atoms with Crippen LogP contribution in [-0.4, -0.2) is 19.4 Å². The Balaban J connectivity index is 2.53. The van der Waals surface area contributed by atoms with Gasteiger partial charge in [0, 0.05) is 0 Å². The van der Waals surface area contributed by atoms with Gasteiger partial charge in [0.2, 0.25) is 0 Å². The van der Waals surface area contributed by atoms with Gasteiger partial charge < -0.3 is 0 Å². The van der Waals surface area contributed by atoms with E-state index in [2.05, 4.69) is 35.5 Å². The van der Waals surface area contributed by atoms with E-state index >= 15 is 0 Å². The second-order valence-electron chi connectivity index (χ2n) is 2.27. The van der Waals surface area contributed by atoms with Crippen LogP contribution in [0.4, 0.5) is 0 Å². The molecule has 2 unspecified atom stereocenters. The molecule has 0 saturated heterocycles. The molecule has 0 saturated carbocycles. The second kappa shape index (κ2) is 5.75. The molecule has 1 rings (SSSR count). The summed E-state index contributed by atoms with van der Waals surface area (Å²) in [7, 11) is 0. The Morgan fingerprint density at radius 1 is 1.08 bits per heavy atom. The fourth-order valence-electron chi connectivity index (χ4n) is 0.584. The number of rotatable bonds is 4. The monoisotopic (exact) mass is 270 g/mol. The summed E-state index contributed by atoms with van der Waals surface area (Å²) in [6.07, 6.45) is 0. The molecule has 0 N–H and O–H groups in total. The normalized spacial score (nSPS) is 15.7. The van der Waals surface area contributed by atoms with Gasteiger partial charge in [0.05, 0.1) is 9.16 Å². The third kappa shape index (κ3) is 4.83. The molecule has 0 amide bonds. The largest absolute Gasteiger partial charge is 0.176 e. The fourth-order valence-corrected chi connectivity index (χ4v) is 4.57. The minimum absolute atomic E-state index is 0.263. The van der Waals surface area contributed by atoms with Gasteiger partial charge in [-0.25, -0.2) is 0 Å². The molecule has 0 fully saturated rings. The van der Waals surface area contributed by atoms with Crippen LogP contribution in [0.3, 0.4) is 0 Å². The molecule has 0 bridgehead atoms. The molecular formula is C6H10N2S5. The van der Waals surface area contributed by atoms with Crippen molar-refractivity contribution in [3.05, 3.63) is 0 Å². The molecular weight excluding hydrogens is 260 g/mol. The van der Waals surface area contributed by atoms with E-state index in [-0.39, 0.29) is 9.16 Å². The van der Waals surface area contributed by atoms with Gasteiger partial charge >= 0.3 is 0 Å². The molecule has 1 aromatic rings. The van der Waals surface area contributed by atoms with Crippen LogP contribution in [0.2, 0.25) is 0 Å². The first kappa shape index (κ1) is 12.0. The summed E-state index contributed by atoms with van der Waals surface area (Å²) in [6, 6.07) is 0. The van der Waals surface area contributed by atoms with Crippen molar-refractivity contribution in [2.24, 2.45) is 0 Å². The van der Waals surface area contributed by atoms with Crippen LogP contribution in [-0.2, 0) is 0 Å². The lowest BCUT2D eigenvalue weighted by molar-refractivity contribution is 0.954. The zero-order valence-electron chi connectivity index (χ0n) is 7.17. The van der Waals surface area contributed by atoms with E-state index in [9.17, 15) is 0 Å². The predicted molar refractivity (Wildman–Crippen MR) is 68.5 cm³/mol. The standard InChI is InChI=1S/C6H10N2S5/c1-3(9)11-5-7-8-6(13-5)12-4(2)10/h3-4,9-10H,1-2H3. The maximum atomic E-state index is 4.27. The lowest BCUT2D eigenvalue weighted by Gasteiger charge is -1.97. The summed E-state index contributed by atoms with van der Waals surface area (Å²) in [5, 5.41) is 8.07. The van der Waals surface area contributed by atoms with Crippen LogP contribution >= 0.6 is 60.1 Å². The summed E-state index contributed by atoms with van der Waals surface area (Å²) in [5.41, 5.74) is 0. The predicted octanol–water partition coefficient (Wildman–Crippen LogP) is 3.27. The number of thiol groups is 2. The van der Waals surface area contributed by atoms with Crippen LogP contribution in [0.15, 0.2) is 8.68 Å². The lowest BCUT2D eigenvalue weighted by Crippen LogP contribution is -1.81. The van der Waals surface area contributed by atoms with E-state index in [4.69, 9.17) is 0 Å². The Bertz CT molecular complexity index is 235. The van der Waals surface area contributed by atoms with E-state index in [1.165, 1.54) is 0 Å². The summed E-state index contributed by atoms with van der Waals surface area (Å²) >= 11 is 13.4. The van der Waals surface area contributed by atoms with Gasteiger partial charge in [-0.05, 0) is 13.8 Å². The summed E-state index contributed by atoms with van der Waals surface area (Å²) in [6.45, 7) is 4.03. The molecule has 74 valence electrons. The Morgan fingerprint density at radius 3 is 1.77 bits per heavy atom. The third-order valence-electron chi connectivity index (χ3n) is 0.931. The fraction of sp³-hybridized carbons (Fsp3) is 0.667. The molecule has 1 heterocycles. The van der Waals surface area contributed by atoms with Gasteiger partial charge in [-0.2, -0.15) is 25.3 Å². The Kier molecular flexibility index (Phi) is 5.32. The summed E-state index contributed by atoms with van der Waals surface area (Å²) in [5.74, 6) is 0. The zero-order valence-corrected chi connectivity index (χ0v) is 11.4. The third-order valence-corrected chi connectivity index (χ3v) is 4.40. The van der Waals surface area contributed by atoms with Crippen LogP contribution in [0.25, 0.3) is 0 Å². The number of thioether (sulfide) groups is 2. The van der Waals surface area contributed by atoms with Crippen molar-refractivity contribution >= 4 is 60.1 Å². The molecule has 0 aliphatic carbocycles. The van der Waals surface area contributed by atoms with Crippen molar-refractivity contribution in [3.8, 4) is 0 Å². The lowest BCUT2D eigenvalue weighted by atomic mass is 11.0. The van der Waals surface area contributed by atoms with Gasteiger partial charge in [-0.3, -0.25) is 0 Å². The van der Waals surface area contributed by atoms with Crippen molar-refractivity contribution in [2.45, 2.75) is 31.7 Å². The van der Waals surface area contributed by atoms with Crippen LogP contribution in [0.5, 0.6) is 0 Å². The van der Waals surface area contributed by atoms with Crippen molar-refractivity contribution < 1.29 is 0 Å². The molecule has 7 heteroatoms. The van der Waals surface area contributed by atoms with Gasteiger partial charge in [0.1, 0.15) is 0 Å². The summed E-state index contributed by atoms with van der Waals surface area (Å²) < 4.78 is 2.47. The van der Waals surface area contributed by atoms with E-state index in [0.717, 1.165) is 8.68 Å². The molecule has 2 atom stereocenters. The van der Waals surface area contributed by atoms with Gasteiger partial charge in [0.25, 0.3) is 0 Å². The van der Waals surface area contributed by atoms with Crippen molar-refractivity contribution in [1.29, 1.82) is 0 Å². The molecule has 0 aromatic carbocycles. The quantitative estimate of drug-likeness (QED) is 0.498. The highest BCUT2D eigenvalue weighted by Crippen LogP contribution is 2.34. The average molecular weight is 270 g/mol. The van der Waals surface area contributed by atoms with Crippen LogP contribution < -0.4 is 0 Å². The first-order valence-corrected chi connectivity index (χ1v) is 7.21. The van der Waals surface area contributed by atoms with Crippen LogP contribution in [0, 0.1) is 0 Å². The second-order valence-corrected chi connectivity index (χ2v) is 8.67. The highest BCUT2D eigenvalue weighted by Gasteiger charge is 2.08. The van der Waals surface area contributed by atoms with Crippen LogP contribution in [0.1, 0.15) is 13.8 Å². The van der Waals surface area contributed by atoms with Gasteiger partial charge in [0.15, 0.2) is 8.68 Å². The molecule has 1 aromatic heterocycles. The molecule has 0 aliphatic heterocycles. The van der Waals surface area contributed by atoms with Crippen molar-refractivity contribution in [2.75, 3.05) is 0 Å². The minimum Gasteiger partial charge on any atom is -0.165 e. The Morgan fingerprint density at radius 2 is 1.46 bits per heavy atom. The summed E-state index contributed by atoms with van der Waals surface area (Å²) in [4.78, 5) is 0. The average Bonchev–Trinajstić information content (AvgIpc) is 2.33. The maximum absolute atomic E-state index is 4.27. The smallest absolute Gasteiger partial charge is 0.165 e. The number of hydrogen-bond acceptors (Lipinski definition) is 7. The Hall–Kier alpha value is 0.960. The van der Waals surface area contributed by atoms with Crippen molar-refractivity contribution in [3.63, 3.8) is 0 Å². The minimum atomic E-state index is 0.263. The molecule has 13 heavy (non-hydrogen) atoms. The number of nitrogens with zero attached hydrogens (tertiary/aromatic N) is 2. The first-order valence-electron chi connectivity index (χ1n) is 3.61. The maximum Gasteiger partial charge on any atom is 0.176 e. The Labute approximate surface area is 101 Å².